The van der Waals surface area contributed by atoms with Crippen LogP contribution in [0, 0.1) is 0 Å². The highest BCUT2D eigenvalue weighted by molar-refractivity contribution is 9.10. The Balaban J connectivity index is 0.000000102. The highest BCUT2D eigenvalue weighted by Gasteiger charge is 2.22. The number of benzene rings is 19. The van der Waals surface area contributed by atoms with E-state index < -0.39 is 7.12 Å². The molecule has 10 nitrogen and oxygen atoms in total. The summed E-state index contributed by atoms with van der Waals surface area (Å²) in [5.74, 6) is 0. The standard InChI is InChI=1S/C36H25BN2O2.C36H23BrN2.C30H20N2.C14H9ClN2/c40-37(41)26-9-8-12-28(23-26)39-34-16-7-5-14-30(34)32-22-25(18-20-36(32)39)24-17-19-35-31(21-24)29-13-4-6-15-33(29)38(35)27-10-2-1-3-11-27;37-26-9-8-12-28(23-26)39-34-16-7-5-14-30(34)32-22-25(18-20-36(32)39)24-17-19-35-31(21-24)29-13-4-6-15-33(29)38(35)27-10-2-1-3-11-27;1-2-8-22(9-3-1)32-29-13-7-5-11-24(29)26-19-21(15-17-30(26)32)20-14-16-28-25(18-20)23-10-4-6-12-27(23)31-28;15-14-16-12-9-5-4-8-11(12)13(17-14)10-6-2-1-3-7-10/h1-23,40-41H;1-23H;1-19,31H;1-9H. The largest absolute Gasteiger partial charge is 0.488 e. The molecule has 13 heteroatoms. The van der Waals surface area contributed by atoms with E-state index in [4.69, 9.17) is 11.6 Å². The summed E-state index contributed by atoms with van der Waals surface area (Å²) < 4.78 is 12.7. The lowest BCUT2D eigenvalue weighted by Crippen LogP contribution is -2.29. The second kappa shape index (κ2) is 32.9. The van der Waals surface area contributed by atoms with E-state index in [1.807, 2.05) is 78.9 Å². The number of hydrogen-bond acceptors (Lipinski definition) is 4. The van der Waals surface area contributed by atoms with E-state index in [2.05, 4.69) is 418 Å². The Bertz CT molecular complexity index is 8840. The molecule has 0 fully saturated rings. The fraction of sp³-hybridized carbons (Fsp3) is 0. The number of halogens is 2. The number of nitrogens with one attached hydrogen (secondary N) is 1. The second-order valence-corrected chi connectivity index (χ2v) is 33.8. The maximum Gasteiger partial charge on any atom is 0.488 e. The topological polar surface area (TPSA) is 107 Å². The first kappa shape index (κ1) is 77.8. The van der Waals surface area contributed by atoms with Crippen LogP contribution in [0.3, 0.4) is 0 Å². The molecule has 0 saturated carbocycles. The smallest absolute Gasteiger partial charge is 0.423 e. The lowest BCUT2D eigenvalue weighted by Gasteiger charge is -2.10. The van der Waals surface area contributed by atoms with Gasteiger partial charge in [0.05, 0.1) is 66.4 Å². The quantitative estimate of drug-likeness (QED) is 0.0937. The lowest BCUT2D eigenvalue weighted by molar-refractivity contribution is 0.425. The van der Waals surface area contributed by atoms with Crippen LogP contribution in [-0.4, -0.2) is 55.0 Å². The van der Waals surface area contributed by atoms with Crippen molar-refractivity contribution in [2.45, 2.75) is 0 Å². The zero-order chi connectivity index (χ0) is 86.2. The van der Waals surface area contributed by atoms with E-state index in [9.17, 15) is 10.0 Å². The number of aromatic amines is 1. The zero-order valence-electron chi connectivity index (χ0n) is 69.6. The normalized spacial score (nSPS) is 11.6. The maximum atomic E-state index is 9.79. The zero-order valence-corrected chi connectivity index (χ0v) is 71.9. The number of hydrogen-bond donors (Lipinski definition) is 3. The number of H-pyrrole nitrogens is 1. The highest BCUT2D eigenvalue weighted by Crippen LogP contribution is 2.44. The molecule has 19 aromatic carbocycles. The van der Waals surface area contributed by atoms with Crippen LogP contribution < -0.4 is 5.46 Å². The van der Waals surface area contributed by atoms with Crippen LogP contribution in [0.25, 0.3) is 215 Å². The molecule has 0 radical (unpaired) electrons. The van der Waals surface area contributed by atoms with Crippen molar-refractivity contribution in [3.8, 4) is 73.1 Å². The molecule has 7 heterocycles. The highest BCUT2D eigenvalue weighted by atomic mass is 79.9. The molecule has 0 bridgehead atoms. The summed E-state index contributed by atoms with van der Waals surface area (Å²) in [4.78, 5) is 12.1. The number of para-hydroxylation sites is 10. The number of aromatic nitrogens is 8. The Kier molecular flexibility index (Phi) is 19.8. The Hall–Kier alpha value is -15.9. The molecule has 26 rings (SSSR count). The number of rotatable bonds is 10. The third-order valence-corrected chi connectivity index (χ3v) is 25.7. The van der Waals surface area contributed by atoms with Crippen molar-refractivity contribution in [1.82, 2.24) is 37.8 Å². The third kappa shape index (κ3) is 14.0. The Morgan fingerprint density at radius 3 is 0.915 bits per heavy atom. The first-order valence-electron chi connectivity index (χ1n) is 43.2. The molecule has 7 aromatic heterocycles. The summed E-state index contributed by atoms with van der Waals surface area (Å²) in [6.45, 7) is 0. The van der Waals surface area contributed by atoms with Crippen molar-refractivity contribution in [3.63, 3.8) is 0 Å². The fourth-order valence-corrected chi connectivity index (χ4v) is 19.8. The minimum Gasteiger partial charge on any atom is -0.423 e. The average molecular weight is 1740 g/mol. The number of fused-ring (bicyclic) bond motifs is 19. The van der Waals surface area contributed by atoms with Gasteiger partial charge in [0.25, 0.3) is 0 Å². The van der Waals surface area contributed by atoms with Crippen molar-refractivity contribution in [2.75, 3.05) is 0 Å². The van der Waals surface area contributed by atoms with Crippen molar-refractivity contribution >= 4 is 182 Å². The van der Waals surface area contributed by atoms with E-state index in [0.29, 0.717) is 5.46 Å². The van der Waals surface area contributed by atoms with Crippen LogP contribution in [0.4, 0.5) is 0 Å². The van der Waals surface area contributed by atoms with Gasteiger partial charge in [-0.1, -0.05) is 283 Å². The predicted octanol–water partition coefficient (Wildman–Crippen LogP) is 29.6. The maximum absolute atomic E-state index is 9.79. The van der Waals surface area contributed by atoms with E-state index in [-0.39, 0.29) is 5.28 Å². The molecule has 0 aliphatic rings. The molecular formula is C116H77BBrClN8O2. The van der Waals surface area contributed by atoms with Gasteiger partial charge in [0, 0.05) is 120 Å². The molecule has 0 saturated heterocycles. The third-order valence-electron chi connectivity index (χ3n) is 25.0. The summed E-state index contributed by atoms with van der Waals surface area (Å²) in [5.41, 5.74) is 30.3. The Morgan fingerprint density at radius 2 is 0.519 bits per heavy atom. The van der Waals surface area contributed by atoms with Gasteiger partial charge in [0.2, 0.25) is 5.28 Å². The molecular weight excluding hydrogens is 1660 g/mol. The molecule has 26 aromatic rings. The van der Waals surface area contributed by atoms with E-state index >= 15 is 0 Å². The molecule has 0 atom stereocenters. The minimum atomic E-state index is -1.52. The SMILES string of the molecule is Brc1cccc(-n2c3ccccc3c3cc(-c4ccc5c(c4)c4ccccc4n5-c4ccccc4)ccc32)c1.Clc1nc(-c2ccccc2)c2ccccc2n1.OB(O)c1cccc(-n2c3ccccc3c3cc(-c4ccc5c(c4)c4ccccc4n5-c4ccccc4)ccc32)c1.c1ccc(-n2c3ccccc3c3cc(-c4ccc5[nH]c6ccccc6c5c4)ccc32)cc1. The van der Waals surface area contributed by atoms with Crippen LogP contribution in [0.1, 0.15) is 0 Å². The van der Waals surface area contributed by atoms with Gasteiger partial charge in [-0.2, -0.15) is 0 Å². The summed E-state index contributed by atoms with van der Waals surface area (Å²) >= 11 is 9.61. The van der Waals surface area contributed by atoms with Crippen LogP contribution in [0.15, 0.2) is 453 Å². The van der Waals surface area contributed by atoms with Crippen LogP contribution in [0.5, 0.6) is 0 Å². The van der Waals surface area contributed by atoms with Crippen LogP contribution >= 0.6 is 27.5 Å². The minimum absolute atomic E-state index is 0.280. The first-order valence-corrected chi connectivity index (χ1v) is 44.4. The molecule has 0 aliphatic heterocycles. The molecule has 0 aliphatic carbocycles. The van der Waals surface area contributed by atoms with Gasteiger partial charge < -0.3 is 37.9 Å². The van der Waals surface area contributed by atoms with E-state index in [1.54, 1.807) is 6.07 Å². The summed E-state index contributed by atoms with van der Waals surface area (Å²) in [5, 5.41) is 35.8. The van der Waals surface area contributed by atoms with Gasteiger partial charge in [-0.15, -0.1) is 0 Å². The lowest BCUT2D eigenvalue weighted by atomic mass is 9.80. The molecule has 0 unspecified atom stereocenters. The van der Waals surface area contributed by atoms with Crippen LogP contribution in [0.2, 0.25) is 5.28 Å². The Morgan fingerprint density at radius 1 is 0.225 bits per heavy atom. The number of nitrogens with zero attached hydrogens (tertiary/aromatic N) is 7. The van der Waals surface area contributed by atoms with Crippen molar-refractivity contribution < 1.29 is 10.0 Å². The second-order valence-electron chi connectivity index (χ2n) is 32.5. The molecule has 0 amide bonds. The summed E-state index contributed by atoms with van der Waals surface area (Å²) in [6.07, 6.45) is 0. The molecule has 0 spiro atoms. The van der Waals surface area contributed by atoms with E-state index in [0.717, 1.165) is 76.6 Å². The van der Waals surface area contributed by atoms with Crippen LogP contribution in [-0.2, 0) is 0 Å². The molecule has 129 heavy (non-hydrogen) atoms. The summed E-state index contributed by atoms with van der Waals surface area (Å²) in [7, 11) is -1.52. The van der Waals surface area contributed by atoms with Gasteiger partial charge in [0.1, 0.15) is 0 Å². The predicted molar refractivity (Wildman–Crippen MR) is 544 cm³/mol. The van der Waals surface area contributed by atoms with Crippen molar-refractivity contribution in [2.24, 2.45) is 0 Å². The van der Waals surface area contributed by atoms with E-state index in [1.165, 1.54) is 143 Å². The van der Waals surface area contributed by atoms with Gasteiger partial charge in [-0.25, -0.2) is 9.97 Å². The van der Waals surface area contributed by atoms with Gasteiger partial charge in [-0.3, -0.25) is 0 Å². The fourth-order valence-electron chi connectivity index (χ4n) is 19.2. The molecule has 3 N–H and O–H groups in total. The monoisotopic (exact) mass is 1740 g/mol. The molecule has 610 valence electrons. The van der Waals surface area contributed by atoms with Gasteiger partial charge >= 0.3 is 7.12 Å². The van der Waals surface area contributed by atoms with Crippen molar-refractivity contribution in [3.05, 3.63) is 459 Å². The summed E-state index contributed by atoms with van der Waals surface area (Å²) in [6, 6.07) is 158. The average Bonchev–Trinajstić information content (AvgIpc) is 1.59. The first-order chi connectivity index (χ1) is 63.6. The van der Waals surface area contributed by atoms with Gasteiger partial charge in [-0.05, 0) is 232 Å². The Labute approximate surface area is 755 Å². The van der Waals surface area contributed by atoms with Crippen molar-refractivity contribution in [1.29, 1.82) is 0 Å². The van der Waals surface area contributed by atoms with Gasteiger partial charge in [0.15, 0.2) is 0 Å².